The SMILES string of the molecule is CS(=O)(=O)O.O=P(O)(F)F. The monoisotopic (exact) mass is 198 g/mol. The van der Waals surface area contributed by atoms with Crippen LogP contribution in [0, 0.1) is 0 Å². The normalized spacial score (nSPS) is 11.7. The van der Waals surface area contributed by atoms with Crippen LogP contribution in [0.2, 0.25) is 0 Å². The topological polar surface area (TPSA) is 91.7 Å². The van der Waals surface area contributed by atoms with E-state index in [9.17, 15) is 16.8 Å². The molecule has 0 rings (SSSR count). The molecular weight excluding hydrogens is 193 g/mol. The molecular formula is CH5F2O5PS. The van der Waals surface area contributed by atoms with Gasteiger partial charge in [0.2, 0.25) is 0 Å². The Bertz CT molecular complexity index is 198. The molecule has 9 heteroatoms. The second kappa shape index (κ2) is 3.97. The molecule has 0 aromatic carbocycles. The maximum atomic E-state index is 10.1. The quantitative estimate of drug-likeness (QED) is 0.437. The van der Waals surface area contributed by atoms with Crippen LogP contribution in [-0.2, 0) is 14.7 Å². The van der Waals surface area contributed by atoms with E-state index in [1.807, 2.05) is 0 Å². The number of rotatable bonds is 0. The number of hydrogen-bond donors (Lipinski definition) is 2. The molecule has 0 amide bonds. The summed E-state index contributed by atoms with van der Waals surface area (Å²) in [5, 5.41) is 0. The van der Waals surface area contributed by atoms with Crippen LogP contribution in [0.4, 0.5) is 8.39 Å². The molecule has 0 aromatic heterocycles. The highest BCUT2D eigenvalue weighted by atomic mass is 32.2. The molecule has 0 bridgehead atoms. The summed E-state index contributed by atoms with van der Waals surface area (Å²) >= 11 is 0. The van der Waals surface area contributed by atoms with E-state index in [2.05, 4.69) is 0 Å². The lowest BCUT2D eigenvalue weighted by Crippen LogP contribution is -1.88. The van der Waals surface area contributed by atoms with Gasteiger partial charge in [-0.3, -0.25) is 9.45 Å². The van der Waals surface area contributed by atoms with Crippen LogP contribution in [0.1, 0.15) is 0 Å². The Morgan fingerprint density at radius 3 is 1.40 bits per heavy atom. The van der Waals surface area contributed by atoms with Gasteiger partial charge in [0.05, 0.1) is 6.26 Å². The first-order valence-corrected chi connectivity index (χ1v) is 4.93. The van der Waals surface area contributed by atoms with E-state index < -0.39 is 18.1 Å². The fourth-order valence-corrected chi connectivity index (χ4v) is 0. The van der Waals surface area contributed by atoms with Crippen molar-refractivity contribution >= 4 is 18.1 Å². The predicted molar refractivity (Wildman–Crippen MR) is 29.5 cm³/mol. The summed E-state index contributed by atoms with van der Waals surface area (Å²) in [6.07, 6.45) is 0.715. The molecule has 0 saturated carbocycles. The summed E-state index contributed by atoms with van der Waals surface area (Å²) in [7, 11) is -9.31. The summed E-state index contributed by atoms with van der Waals surface area (Å²) in [5.74, 6) is 0. The molecule has 0 aromatic rings. The average molecular weight is 198 g/mol. The van der Waals surface area contributed by atoms with Crippen molar-refractivity contribution in [3.8, 4) is 0 Å². The minimum absolute atomic E-state index is 0.715. The smallest absolute Gasteiger partial charge is 0.296 e. The molecule has 0 aliphatic heterocycles. The van der Waals surface area contributed by atoms with E-state index in [-0.39, 0.29) is 0 Å². The van der Waals surface area contributed by atoms with Crippen molar-refractivity contribution in [2.24, 2.45) is 0 Å². The average Bonchev–Trinajstić information content (AvgIpc) is 1.12. The molecule has 0 unspecified atom stereocenters. The van der Waals surface area contributed by atoms with Crippen molar-refractivity contribution in [2.45, 2.75) is 0 Å². The van der Waals surface area contributed by atoms with Gasteiger partial charge in [-0.2, -0.15) is 8.42 Å². The molecule has 0 fully saturated rings. The highest BCUT2D eigenvalue weighted by molar-refractivity contribution is 7.85. The largest absolute Gasteiger partial charge is 0.549 e. The van der Waals surface area contributed by atoms with E-state index in [0.29, 0.717) is 6.26 Å². The summed E-state index contributed by atoms with van der Waals surface area (Å²) in [6, 6.07) is 0. The molecule has 0 atom stereocenters. The first kappa shape index (κ1) is 12.6. The Morgan fingerprint density at radius 1 is 1.40 bits per heavy atom. The third kappa shape index (κ3) is 241000. The molecule has 0 radical (unpaired) electrons. The number of halogens is 2. The zero-order valence-corrected chi connectivity index (χ0v) is 6.44. The molecule has 0 aliphatic carbocycles. The second-order valence-electron chi connectivity index (χ2n) is 1.17. The lowest BCUT2D eigenvalue weighted by Gasteiger charge is -1.73. The molecule has 10 heavy (non-hydrogen) atoms. The third-order valence-corrected chi connectivity index (χ3v) is 0. The fourth-order valence-electron chi connectivity index (χ4n) is 0. The molecule has 0 aliphatic rings. The highest BCUT2D eigenvalue weighted by Gasteiger charge is 2.09. The van der Waals surface area contributed by atoms with Gasteiger partial charge in [-0.05, 0) is 0 Å². The Kier molecular flexibility index (Phi) is 5.01. The minimum atomic E-state index is -5.64. The van der Waals surface area contributed by atoms with E-state index >= 15 is 0 Å². The summed E-state index contributed by atoms with van der Waals surface area (Å²) in [6.45, 7) is 0. The molecule has 0 saturated heterocycles. The van der Waals surface area contributed by atoms with E-state index in [1.54, 1.807) is 0 Å². The van der Waals surface area contributed by atoms with E-state index in [1.165, 1.54) is 0 Å². The molecule has 5 nitrogen and oxygen atoms in total. The summed E-state index contributed by atoms with van der Waals surface area (Å²) in [5.41, 5.74) is 0. The van der Waals surface area contributed by atoms with Crippen LogP contribution in [0.5, 0.6) is 0 Å². The Morgan fingerprint density at radius 2 is 1.40 bits per heavy atom. The fraction of sp³-hybridized carbons (Fsp3) is 1.00. The molecule has 64 valence electrons. The van der Waals surface area contributed by atoms with Gasteiger partial charge in [-0.1, -0.05) is 0 Å². The molecule has 0 heterocycles. The first-order valence-electron chi connectivity index (χ1n) is 1.64. The van der Waals surface area contributed by atoms with Gasteiger partial charge in [0.25, 0.3) is 10.1 Å². The van der Waals surface area contributed by atoms with Gasteiger partial charge in [0.15, 0.2) is 0 Å². The Balaban J connectivity index is 0. The Labute approximate surface area is 56.1 Å². The van der Waals surface area contributed by atoms with Crippen molar-refractivity contribution in [2.75, 3.05) is 6.26 Å². The van der Waals surface area contributed by atoms with E-state index in [4.69, 9.17) is 14.0 Å². The van der Waals surface area contributed by atoms with Crippen molar-refractivity contribution in [3.05, 3.63) is 0 Å². The van der Waals surface area contributed by atoms with Gasteiger partial charge in [0, 0.05) is 0 Å². The number of hydrogen-bond acceptors (Lipinski definition) is 3. The van der Waals surface area contributed by atoms with Crippen LogP contribution in [0.15, 0.2) is 0 Å². The van der Waals surface area contributed by atoms with Gasteiger partial charge >= 0.3 is 7.99 Å². The molecule has 0 spiro atoms. The van der Waals surface area contributed by atoms with Crippen LogP contribution in [0.25, 0.3) is 0 Å². The van der Waals surface area contributed by atoms with Crippen LogP contribution in [0.3, 0.4) is 0 Å². The Hall–Kier alpha value is -0.0400. The van der Waals surface area contributed by atoms with Gasteiger partial charge in [-0.25, -0.2) is 4.57 Å². The van der Waals surface area contributed by atoms with Crippen LogP contribution < -0.4 is 0 Å². The van der Waals surface area contributed by atoms with Crippen molar-refractivity contribution in [1.29, 1.82) is 0 Å². The summed E-state index contributed by atoms with van der Waals surface area (Å²) in [4.78, 5) is 6.74. The molecule has 2 N–H and O–H groups in total. The van der Waals surface area contributed by atoms with E-state index in [0.717, 1.165) is 0 Å². The maximum absolute atomic E-state index is 10.1. The van der Waals surface area contributed by atoms with Gasteiger partial charge in [-0.15, -0.1) is 8.39 Å². The van der Waals surface area contributed by atoms with Crippen molar-refractivity contribution in [3.63, 3.8) is 0 Å². The van der Waals surface area contributed by atoms with Crippen LogP contribution >= 0.6 is 7.99 Å². The summed E-state index contributed by atoms with van der Waals surface area (Å²) < 4.78 is 54.6. The van der Waals surface area contributed by atoms with Crippen molar-refractivity contribution < 1.29 is 30.8 Å². The first-order chi connectivity index (χ1) is 4.00. The zero-order valence-electron chi connectivity index (χ0n) is 4.73. The van der Waals surface area contributed by atoms with Gasteiger partial charge in [0.1, 0.15) is 0 Å². The highest BCUT2D eigenvalue weighted by Crippen LogP contribution is 2.43. The van der Waals surface area contributed by atoms with Gasteiger partial charge < -0.3 is 0 Å². The second-order valence-corrected chi connectivity index (χ2v) is 3.50. The zero-order chi connectivity index (χ0) is 9.00. The lowest BCUT2D eigenvalue weighted by molar-refractivity contribution is 0.376. The maximum Gasteiger partial charge on any atom is 0.549 e. The standard InChI is InChI=1S/CH4O3S.F2HO2P/c2*1-5(2,3)4/h1H3,(H,2,3,4);(H,3,4). The van der Waals surface area contributed by atoms with Crippen molar-refractivity contribution in [1.82, 2.24) is 0 Å². The third-order valence-electron chi connectivity index (χ3n) is 0. The predicted octanol–water partition coefficient (Wildman–Crippen LogP) is 0.530. The van der Waals surface area contributed by atoms with Crippen LogP contribution in [-0.4, -0.2) is 24.1 Å². The minimum Gasteiger partial charge on any atom is -0.296 e. The lowest BCUT2D eigenvalue weighted by atomic mass is 12.0.